The number of hydrogen-bond acceptors (Lipinski definition) is 7. The number of pyridine rings is 1. The summed E-state index contributed by atoms with van der Waals surface area (Å²) in [7, 11) is 1.23. The van der Waals surface area contributed by atoms with E-state index < -0.39 is 17.8 Å². The normalized spacial score (nSPS) is 13.6. The van der Waals surface area contributed by atoms with Crippen molar-refractivity contribution in [3.63, 3.8) is 0 Å². The van der Waals surface area contributed by atoms with Crippen LogP contribution in [0.15, 0.2) is 53.7 Å². The Labute approximate surface area is 166 Å². The monoisotopic (exact) mass is 397 g/mol. The van der Waals surface area contributed by atoms with Crippen LogP contribution in [-0.4, -0.2) is 64.7 Å². The SMILES string of the molecule is COC(=O)C1=C(Nc2cccc(-c3cccc(C(=O)O)n3)c2)C(=O)N(CCO)C1. The molecule has 0 saturated carbocycles. The molecule has 2 aromatic rings. The fraction of sp³-hybridized carbons (Fsp3) is 0.200. The van der Waals surface area contributed by atoms with Gasteiger partial charge in [-0.3, -0.25) is 4.79 Å². The first-order chi connectivity index (χ1) is 13.9. The second-order valence-corrected chi connectivity index (χ2v) is 6.21. The molecule has 29 heavy (non-hydrogen) atoms. The fourth-order valence-electron chi connectivity index (χ4n) is 2.96. The van der Waals surface area contributed by atoms with E-state index in [-0.39, 0.29) is 36.7 Å². The number of benzene rings is 1. The number of aromatic carboxylic acids is 1. The number of aliphatic hydroxyl groups is 1. The summed E-state index contributed by atoms with van der Waals surface area (Å²) in [5.74, 6) is -2.18. The number of amides is 1. The van der Waals surface area contributed by atoms with Crippen molar-refractivity contribution < 1.29 is 29.3 Å². The van der Waals surface area contributed by atoms with E-state index in [0.29, 0.717) is 16.9 Å². The molecule has 9 heteroatoms. The number of carbonyl (C=O) groups excluding carboxylic acids is 2. The summed E-state index contributed by atoms with van der Waals surface area (Å²) in [6.07, 6.45) is 0. The molecule has 2 heterocycles. The predicted octanol–water partition coefficient (Wildman–Crippen LogP) is 1.12. The first kappa shape index (κ1) is 20.0. The van der Waals surface area contributed by atoms with Gasteiger partial charge in [-0.2, -0.15) is 0 Å². The number of carboxylic acids is 1. The van der Waals surface area contributed by atoms with E-state index >= 15 is 0 Å². The molecule has 0 unspecified atom stereocenters. The molecular weight excluding hydrogens is 378 g/mol. The summed E-state index contributed by atoms with van der Waals surface area (Å²) < 4.78 is 4.76. The van der Waals surface area contributed by atoms with Crippen molar-refractivity contribution in [2.45, 2.75) is 0 Å². The van der Waals surface area contributed by atoms with Crippen LogP contribution in [0.4, 0.5) is 5.69 Å². The molecule has 0 bridgehead atoms. The second kappa shape index (κ2) is 8.53. The maximum absolute atomic E-state index is 12.6. The van der Waals surface area contributed by atoms with E-state index in [1.165, 1.54) is 18.1 Å². The summed E-state index contributed by atoms with van der Waals surface area (Å²) in [4.78, 5) is 41.3. The topological polar surface area (TPSA) is 129 Å². The molecule has 1 amide bonds. The highest BCUT2D eigenvalue weighted by Gasteiger charge is 2.34. The zero-order valence-corrected chi connectivity index (χ0v) is 15.6. The molecular formula is C20H19N3O6. The van der Waals surface area contributed by atoms with Crippen molar-refractivity contribution in [3.8, 4) is 11.3 Å². The van der Waals surface area contributed by atoms with Crippen molar-refractivity contribution in [1.82, 2.24) is 9.88 Å². The number of nitrogens with zero attached hydrogens (tertiary/aromatic N) is 2. The lowest BCUT2D eigenvalue weighted by Crippen LogP contribution is -2.31. The van der Waals surface area contributed by atoms with E-state index in [4.69, 9.17) is 14.9 Å². The minimum absolute atomic E-state index is 0.0380. The summed E-state index contributed by atoms with van der Waals surface area (Å²) in [6, 6.07) is 11.5. The van der Waals surface area contributed by atoms with Crippen molar-refractivity contribution in [3.05, 3.63) is 59.4 Å². The van der Waals surface area contributed by atoms with Gasteiger partial charge in [-0.1, -0.05) is 18.2 Å². The van der Waals surface area contributed by atoms with Gasteiger partial charge in [0.15, 0.2) is 0 Å². The number of carboxylic acid groups (broad SMARTS) is 1. The van der Waals surface area contributed by atoms with E-state index in [2.05, 4.69) is 10.3 Å². The van der Waals surface area contributed by atoms with Gasteiger partial charge in [0.1, 0.15) is 11.4 Å². The van der Waals surface area contributed by atoms with Crippen molar-refractivity contribution in [2.24, 2.45) is 0 Å². The van der Waals surface area contributed by atoms with Gasteiger partial charge < -0.3 is 25.2 Å². The van der Waals surface area contributed by atoms with Gasteiger partial charge in [-0.25, -0.2) is 14.6 Å². The fourth-order valence-corrected chi connectivity index (χ4v) is 2.96. The van der Waals surface area contributed by atoms with Crippen LogP contribution in [0.1, 0.15) is 10.5 Å². The van der Waals surface area contributed by atoms with E-state index in [9.17, 15) is 14.4 Å². The molecule has 0 spiro atoms. The number of methoxy groups -OCH3 is 1. The first-order valence-electron chi connectivity index (χ1n) is 8.74. The molecule has 1 aromatic carbocycles. The number of aromatic nitrogens is 1. The standard InChI is InChI=1S/C20H19N3O6/c1-29-20(28)14-11-23(8-9-24)18(25)17(14)21-13-5-2-4-12(10-13)15-6-3-7-16(22-15)19(26)27/h2-7,10,21,24H,8-9,11H2,1H3,(H,26,27). The minimum Gasteiger partial charge on any atom is -0.477 e. The number of esters is 1. The Morgan fingerprint density at radius 3 is 2.69 bits per heavy atom. The van der Waals surface area contributed by atoms with Gasteiger partial charge in [-0.05, 0) is 24.3 Å². The summed E-state index contributed by atoms with van der Waals surface area (Å²) >= 11 is 0. The van der Waals surface area contributed by atoms with Crippen LogP contribution in [-0.2, 0) is 14.3 Å². The van der Waals surface area contributed by atoms with Gasteiger partial charge in [-0.15, -0.1) is 0 Å². The molecule has 0 aliphatic carbocycles. The van der Waals surface area contributed by atoms with Crippen molar-refractivity contribution in [1.29, 1.82) is 0 Å². The van der Waals surface area contributed by atoms with Crippen LogP contribution in [0.2, 0.25) is 0 Å². The highest BCUT2D eigenvalue weighted by atomic mass is 16.5. The molecule has 1 aromatic heterocycles. The molecule has 3 rings (SSSR count). The quantitative estimate of drug-likeness (QED) is 0.593. The highest BCUT2D eigenvalue weighted by Crippen LogP contribution is 2.26. The molecule has 1 aliphatic rings. The predicted molar refractivity (Wildman–Crippen MR) is 103 cm³/mol. The molecule has 3 N–H and O–H groups in total. The largest absolute Gasteiger partial charge is 0.477 e. The van der Waals surface area contributed by atoms with Crippen LogP contribution in [0, 0.1) is 0 Å². The lowest BCUT2D eigenvalue weighted by atomic mass is 10.1. The third kappa shape index (κ3) is 4.25. The van der Waals surface area contributed by atoms with Gasteiger partial charge in [0.05, 0.1) is 31.5 Å². The zero-order valence-electron chi connectivity index (χ0n) is 15.6. The third-order valence-corrected chi connectivity index (χ3v) is 4.35. The number of nitrogens with one attached hydrogen (secondary N) is 1. The lowest BCUT2D eigenvalue weighted by molar-refractivity contribution is -0.136. The number of aliphatic hydroxyl groups excluding tert-OH is 1. The van der Waals surface area contributed by atoms with Crippen LogP contribution in [0.3, 0.4) is 0 Å². The zero-order chi connectivity index (χ0) is 21.0. The van der Waals surface area contributed by atoms with E-state index in [0.717, 1.165) is 0 Å². The lowest BCUT2D eigenvalue weighted by Gasteiger charge is -2.15. The van der Waals surface area contributed by atoms with Crippen molar-refractivity contribution in [2.75, 3.05) is 32.1 Å². The van der Waals surface area contributed by atoms with Gasteiger partial charge >= 0.3 is 11.9 Å². The maximum Gasteiger partial charge on any atom is 0.354 e. The van der Waals surface area contributed by atoms with E-state index in [1.54, 1.807) is 36.4 Å². The van der Waals surface area contributed by atoms with Gasteiger partial charge in [0.2, 0.25) is 0 Å². The number of ether oxygens (including phenoxy) is 1. The molecule has 0 radical (unpaired) electrons. The van der Waals surface area contributed by atoms with E-state index in [1.807, 2.05) is 0 Å². The Bertz CT molecular complexity index is 1000. The molecule has 0 saturated heterocycles. The molecule has 0 fully saturated rings. The minimum atomic E-state index is -1.13. The van der Waals surface area contributed by atoms with Crippen LogP contribution in [0.25, 0.3) is 11.3 Å². The molecule has 9 nitrogen and oxygen atoms in total. The molecule has 1 aliphatic heterocycles. The highest BCUT2D eigenvalue weighted by molar-refractivity contribution is 6.08. The average molecular weight is 397 g/mol. The number of anilines is 1. The van der Waals surface area contributed by atoms with Crippen LogP contribution >= 0.6 is 0 Å². The van der Waals surface area contributed by atoms with Crippen LogP contribution in [0.5, 0.6) is 0 Å². The number of carbonyl (C=O) groups is 3. The molecule has 150 valence electrons. The van der Waals surface area contributed by atoms with Crippen molar-refractivity contribution >= 4 is 23.5 Å². The molecule has 0 atom stereocenters. The summed E-state index contributed by atoms with van der Waals surface area (Å²) in [6.45, 7) is -0.0959. The van der Waals surface area contributed by atoms with Gasteiger partial charge in [0.25, 0.3) is 5.91 Å². The Morgan fingerprint density at radius 2 is 2.00 bits per heavy atom. The Morgan fingerprint density at radius 1 is 1.24 bits per heavy atom. The summed E-state index contributed by atoms with van der Waals surface area (Å²) in [5.41, 5.74) is 1.77. The average Bonchev–Trinajstić information content (AvgIpc) is 3.03. The smallest absolute Gasteiger partial charge is 0.354 e. The number of hydrogen-bond donors (Lipinski definition) is 3. The van der Waals surface area contributed by atoms with Crippen LogP contribution < -0.4 is 5.32 Å². The second-order valence-electron chi connectivity index (χ2n) is 6.21. The Kier molecular flexibility index (Phi) is 5.89. The number of β-amino-alcohol motifs (C(OH)–C–C–N with tert-alkyl or cyclic N) is 1. The third-order valence-electron chi connectivity index (χ3n) is 4.35. The Hall–Kier alpha value is -3.72. The summed E-state index contributed by atoms with van der Waals surface area (Å²) in [5, 5.41) is 21.2. The Balaban J connectivity index is 1.92. The van der Waals surface area contributed by atoms with Gasteiger partial charge in [0, 0.05) is 17.8 Å². The number of rotatable bonds is 7. The maximum atomic E-state index is 12.6. The first-order valence-corrected chi connectivity index (χ1v) is 8.74.